The van der Waals surface area contributed by atoms with Gasteiger partial charge in [-0.2, -0.15) is 0 Å². The lowest BCUT2D eigenvalue weighted by atomic mass is 10.5. The molecule has 0 amide bonds. The molecule has 9 heteroatoms. The summed E-state index contributed by atoms with van der Waals surface area (Å²) < 4.78 is 41.1. The molecule has 74 valence electrons. The summed E-state index contributed by atoms with van der Waals surface area (Å²) in [5.41, 5.74) is 0. The third-order valence-corrected chi connectivity index (χ3v) is 8.93. The fourth-order valence-corrected chi connectivity index (χ4v) is 7.97. The Kier molecular flexibility index (Phi) is 3.85. The first-order valence-corrected chi connectivity index (χ1v) is 8.98. The second-order valence-corrected chi connectivity index (χ2v) is 12.5. The first-order valence-electron chi connectivity index (χ1n) is 2.63. The fraction of sp³-hybridized carbons (Fsp3) is 1.00. The van der Waals surface area contributed by atoms with Crippen LogP contribution in [0.15, 0.2) is 0 Å². The first-order chi connectivity index (χ1) is 4.96. The van der Waals surface area contributed by atoms with Crippen molar-refractivity contribution in [3.8, 4) is 0 Å². The smallest absolute Gasteiger partial charge is 0.211 e. The van der Waals surface area contributed by atoms with Crippen LogP contribution in [0.5, 0.6) is 0 Å². The molecule has 0 rings (SSSR count). The van der Waals surface area contributed by atoms with Crippen molar-refractivity contribution in [3.63, 3.8) is 0 Å². The summed E-state index contributed by atoms with van der Waals surface area (Å²) in [6.45, 7) is 2.40. The van der Waals surface area contributed by atoms with Gasteiger partial charge in [0.1, 0.15) is 4.49 Å². The highest BCUT2D eigenvalue weighted by Crippen LogP contribution is 2.44. The van der Waals surface area contributed by atoms with E-state index in [1.54, 1.807) is 0 Å². The lowest BCUT2D eigenvalue weighted by molar-refractivity contribution is 0.595. The quantitative estimate of drug-likeness (QED) is 0.576. The predicted octanol–water partition coefficient (Wildman–Crippen LogP) is 1.45. The van der Waals surface area contributed by atoms with E-state index in [0.29, 0.717) is 0 Å². The molecule has 4 nitrogen and oxygen atoms in total. The number of hydrogen-bond acceptors (Lipinski definition) is 4. The van der Waals surface area contributed by atoms with Gasteiger partial charge in [0.25, 0.3) is 0 Å². The molecular formula is C3H7Cl2O4PS2. The molecule has 1 unspecified atom stereocenters. The molecule has 0 aromatic heterocycles. The van der Waals surface area contributed by atoms with Gasteiger partial charge in [-0.15, -0.1) is 0 Å². The van der Waals surface area contributed by atoms with Crippen molar-refractivity contribution in [2.24, 2.45) is 0 Å². The summed E-state index contributed by atoms with van der Waals surface area (Å²) in [5, 5.41) is 0. The van der Waals surface area contributed by atoms with Gasteiger partial charge in [-0.3, -0.25) is 0 Å². The van der Waals surface area contributed by atoms with E-state index in [-0.39, 0.29) is 0 Å². The minimum Gasteiger partial charge on any atom is -0.211 e. The van der Waals surface area contributed by atoms with Gasteiger partial charge in [0.15, 0.2) is 0 Å². The number of halogens is 2. The summed E-state index contributed by atoms with van der Waals surface area (Å²) in [6, 6.07) is 0. The van der Waals surface area contributed by atoms with Crippen LogP contribution in [-0.2, 0) is 17.7 Å². The molecular weight excluding hydrogens is 266 g/mol. The van der Waals surface area contributed by atoms with Crippen LogP contribution in [-0.4, -0.2) is 21.3 Å². The molecule has 1 atom stereocenters. The van der Waals surface area contributed by atoms with E-state index in [1.165, 1.54) is 13.8 Å². The van der Waals surface area contributed by atoms with Crippen molar-refractivity contribution in [3.05, 3.63) is 0 Å². The van der Waals surface area contributed by atoms with Crippen molar-refractivity contribution >= 4 is 46.9 Å². The van der Waals surface area contributed by atoms with Crippen molar-refractivity contribution in [2.75, 3.05) is 0 Å². The largest absolute Gasteiger partial charge is 0.247 e. The van der Waals surface area contributed by atoms with E-state index in [0.717, 1.165) is 0 Å². The predicted molar refractivity (Wildman–Crippen MR) is 51.9 cm³/mol. The van der Waals surface area contributed by atoms with Gasteiger partial charge in [0.05, 0.1) is 0 Å². The zero-order chi connectivity index (χ0) is 10.2. The summed E-state index contributed by atoms with van der Waals surface area (Å²) >= 11 is 0. The van der Waals surface area contributed by atoms with Crippen LogP contribution in [0.4, 0.5) is 0 Å². The molecule has 0 fully saturated rings. The van der Waals surface area contributed by atoms with E-state index in [9.17, 15) is 16.8 Å². The molecule has 12 heavy (non-hydrogen) atoms. The normalized spacial score (nSPS) is 15.7. The molecule has 0 saturated heterocycles. The third-order valence-electron chi connectivity index (χ3n) is 0.977. The van der Waals surface area contributed by atoms with E-state index < -0.39 is 30.0 Å². The summed E-state index contributed by atoms with van der Waals surface area (Å²) in [6.07, 6.45) is 0. The molecule has 0 radical (unpaired) electrons. The molecule has 0 spiro atoms. The minimum atomic E-state index is -3.91. The molecule has 0 bridgehead atoms. The molecule has 0 N–H and O–H groups in total. The number of hydrogen-bond donors (Lipinski definition) is 0. The number of rotatable bonds is 3. The molecule has 0 aromatic rings. The molecule has 0 aromatic carbocycles. The Bertz CT molecular complexity index is 356. The molecule has 0 saturated carbocycles. The zero-order valence-corrected chi connectivity index (χ0v) is 10.4. The molecule has 0 aliphatic heterocycles. The van der Waals surface area contributed by atoms with Crippen LogP contribution in [0, 0.1) is 0 Å². The Morgan fingerprint density at radius 3 is 1.50 bits per heavy atom. The first kappa shape index (κ1) is 12.9. The second-order valence-electron chi connectivity index (χ2n) is 2.49. The maximum atomic E-state index is 10.8. The highest BCUT2D eigenvalue weighted by Gasteiger charge is 2.37. The molecule has 0 aliphatic rings. The van der Waals surface area contributed by atoms with Gasteiger partial charge in [-0.25, -0.2) is 16.8 Å². The van der Waals surface area contributed by atoms with Crippen LogP contribution >= 0.6 is 29.1 Å². The second kappa shape index (κ2) is 3.58. The average molecular weight is 273 g/mol. The van der Waals surface area contributed by atoms with Gasteiger partial charge in [-0.1, -0.05) is 0 Å². The Morgan fingerprint density at radius 1 is 1.08 bits per heavy atom. The standard InChI is InChI=1S/C3H7Cl2O4PS2/c1-3(2,11(4,6)7)10-12(5,8)9/h10H,1-2H3. The van der Waals surface area contributed by atoms with Gasteiger partial charge in [0.2, 0.25) is 17.7 Å². The minimum absolute atomic E-state index is 0.963. The molecule has 0 aliphatic carbocycles. The Labute approximate surface area is 82.0 Å². The lowest BCUT2D eigenvalue weighted by Gasteiger charge is -2.17. The third kappa shape index (κ3) is 4.23. The summed E-state index contributed by atoms with van der Waals surface area (Å²) in [5.74, 6) is 0. The van der Waals surface area contributed by atoms with Crippen molar-refractivity contribution in [1.82, 2.24) is 0 Å². The Hall–Kier alpha value is 0.910. The fourth-order valence-electron chi connectivity index (χ4n) is 0.343. The highest BCUT2D eigenvalue weighted by molar-refractivity contribution is 8.57. The van der Waals surface area contributed by atoms with Crippen molar-refractivity contribution in [1.29, 1.82) is 0 Å². The van der Waals surface area contributed by atoms with Crippen LogP contribution in [0.2, 0.25) is 0 Å². The van der Waals surface area contributed by atoms with Crippen molar-refractivity contribution in [2.45, 2.75) is 18.3 Å². The lowest BCUT2D eigenvalue weighted by Crippen LogP contribution is -2.22. The van der Waals surface area contributed by atoms with Crippen molar-refractivity contribution < 1.29 is 16.8 Å². The monoisotopic (exact) mass is 272 g/mol. The van der Waals surface area contributed by atoms with E-state index >= 15 is 0 Å². The SMILES string of the molecule is CC(C)(PS(=O)(=O)Cl)S(=O)(=O)Cl. The van der Waals surface area contributed by atoms with E-state index in [2.05, 4.69) is 0 Å². The van der Waals surface area contributed by atoms with Crippen LogP contribution in [0.25, 0.3) is 0 Å². The maximum Gasteiger partial charge on any atom is 0.247 e. The molecule has 0 heterocycles. The summed E-state index contributed by atoms with van der Waals surface area (Å²) in [4.78, 5) is 0. The van der Waals surface area contributed by atoms with Gasteiger partial charge >= 0.3 is 0 Å². The van der Waals surface area contributed by atoms with Gasteiger partial charge in [-0.05, 0) is 13.8 Å². The van der Waals surface area contributed by atoms with E-state index in [4.69, 9.17) is 21.4 Å². The maximum absolute atomic E-state index is 10.8. The van der Waals surface area contributed by atoms with Crippen LogP contribution in [0.1, 0.15) is 13.8 Å². The Morgan fingerprint density at radius 2 is 1.42 bits per heavy atom. The zero-order valence-electron chi connectivity index (χ0n) is 6.21. The summed E-state index contributed by atoms with van der Waals surface area (Å²) in [7, 11) is 1.17. The average Bonchev–Trinajstić information content (AvgIpc) is 1.52. The highest BCUT2D eigenvalue weighted by atomic mass is 35.7. The van der Waals surface area contributed by atoms with Crippen LogP contribution < -0.4 is 0 Å². The Balaban J connectivity index is 4.94. The topological polar surface area (TPSA) is 68.3 Å². The van der Waals surface area contributed by atoms with E-state index in [1.807, 2.05) is 0 Å². The van der Waals surface area contributed by atoms with Gasteiger partial charge < -0.3 is 0 Å². The van der Waals surface area contributed by atoms with Gasteiger partial charge in [0, 0.05) is 29.1 Å². The van der Waals surface area contributed by atoms with Crippen LogP contribution in [0.3, 0.4) is 0 Å².